The predicted molar refractivity (Wildman–Crippen MR) is 130 cm³/mol. The van der Waals surface area contributed by atoms with Crippen LogP contribution in [0.2, 0.25) is 5.02 Å². The standard InChI is InChI=1S/C24H26ClN5O5/c1-2-29-23(33)28-22(30(24(29)34)14-15-3-6-17(25)7-4-15)27-18-8-10-19(11-9-18)35-20-12-5-16(13-26-20)21(31)32/h3-7,12-13,18-19H,2,8-11,14H2,1H3,(H,31,32)(H,27,28,33). The molecule has 2 aromatic heterocycles. The minimum Gasteiger partial charge on any atom is -0.478 e. The van der Waals surface area contributed by atoms with Crippen molar-refractivity contribution >= 4 is 23.5 Å². The van der Waals surface area contributed by atoms with Crippen LogP contribution >= 0.6 is 11.6 Å². The third kappa shape index (κ3) is 5.89. The monoisotopic (exact) mass is 499 g/mol. The van der Waals surface area contributed by atoms with Gasteiger partial charge in [0, 0.05) is 29.9 Å². The fourth-order valence-corrected chi connectivity index (χ4v) is 4.21. The van der Waals surface area contributed by atoms with Crippen molar-refractivity contribution < 1.29 is 14.6 Å². The Kier molecular flexibility index (Phi) is 7.50. The summed E-state index contributed by atoms with van der Waals surface area (Å²) in [5, 5.41) is 12.9. The third-order valence-electron chi connectivity index (χ3n) is 6.00. The number of benzene rings is 1. The van der Waals surface area contributed by atoms with E-state index in [-0.39, 0.29) is 36.7 Å². The van der Waals surface area contributed by atoms with E-state index in [0.29, 0.717) is 10.9 Å². The second kappa shape index (κ2) is 10.7. The second-order valence-electron chi connectivity index (χ2n) is 8.38. The number of aromatic nitrogens is 4. The number of rotatable bonds is 8. The average Bonchev–Trinajstić information content (AvgIpc) is 2.84. The summed E-state index contributed by atoms with van der Waals surface area (Å²) in [7, 11) is 0. The van der Waals surface area contributed by atoms with Crippen LogP contribution in [-0.4, -0.2) is 42.3 Å². The molecule has 0 atom stereocenters. The highest BCUT2D eigenvalue weighted by Crippen LogP contribution is 2.25. The summed E-state index contributed by atoms with van der Waals surface area (Å²) >= 11 is 5.98. The molecule has 4 rings (SSSR count). The minimum absolute atomic E-state index is 0.0115. The summed E-state index contributed by atoms with van der Waals surface area (Å²) in [5.74, 6) is -0.409. The zero-order valence-electron chi connectivity index (χ0n) is 19.2. The van der Waals surface area contributed by atoms with Crippen LogP contribution in [0.3, 0.4) is 0 Å². The molecular formula is C24H26ClN5O5. The number of carbonyl (C=O) groups is 1. The quantitative estimate of drug-likeness (QED) is 0.484. The number of nitrogens with zero attached hydrogens (tertiary/aromatic N) is 4. The molecule has 0 unspecified atom stereocenters. The summed E-state index contributed by atoms with van der Waals surface area (Å²) in [4.78, 5) is 44.6. The highest BCUT2D eigenvalue weighted by Gasteiger charge is 2.25. The Labute approximate surface area is 206 Å². The van der Waals surface area contributed by atoms with E-state index in [1.54, 1.807) is 25.1 Å². The molecule has 0 amide bonds. The van der Waals surface area contributed by atoms with Gasteiger partial charge in [-0.25, -0.2) is 23.9 Å². The van der Waals surface area contributed by atoms with Crippen molar-refractivity contribution in [1.29, 1.82) is 0 Å². The molecule has 3 aromatic rings. The maximum absolute atomic E-state index is 13.0. The first kappa shape index (κ1) is 24.5. The Hall–Kier alpha value is -3.66. The molecule has 0 bridgehead atoms. The lowest BCUT2D eigenvalue weighted by Gasteiger charge is -2.30. The van der Waals surface area contributed by atoms with E-state index < -0.39 is 17.3 Å². The van der Waals surface area contributed by atoms with Gasteiger partial charge in [0.25, 0.3) is 0 Å². The van der Waals surface area contributed by atoms with Crippen LogP contribution in [0.5, 0.6) is 5.88 Å². The Morgan fingerprint density at radius 2 is 1.83 bits per heavy atom. The highest BCUT2D eigenvalue weighted by molar-refractivity contribution is 6.30. The molecule has 10 nitrogen and oxygen atoms in total. The van der Waals surface area contributed by atoms with Gasteiger partial charge < -0.3 is 15.2 Å². The van der Waals surface area contributed by atoms with E-state index >= 15 is 0 Å². The van der Waals surface area contributed by atoms with Gasteiger partial charge in [-0.2, -0.15) is 4.98 Å². The van der Waals surface area contributed by atoms with Gasteiger partial charge in [0.1, 0.15) is 6.10 Å². The van der Waals surface area contributed by atoms with Gasteiger partial charge in [0.05, 0.1) is 12.1 Å². The Morgan fingerprint density at radius 1 is 1.11 bits per heavy atom. The van der Waals surface area contributed by atoms with E-state index in [1.165, 1.54) is 16.8 Å². The third-order valence-corrected chi connectivity index (χ3v) is 6.25. The molecule has 1 aliphatic carbocycles. The zero-order chi connectivity index (χ0) is 24.9. The lowest BCUT2D eigenvalue weighted by Crippen LogP contribution is -2.44. The fourth-order valence-electron chi connectivity index (χ4n) is 4.08. The first-order valence-electron chi connectivity index (χ1n) is 11.4. The molecule has 0 spiro atoms. The molecule has 0 saturated heterocycles. The summed E-state index contributed by atoms with van der Waals surface area (Å²) in [6.45, 7) is 2.22. The molecule has 0 aliphatic heterocycles. The Morgan fingerprint density at radius 3 is 2.43 bits per heavy atom. The van der Waals surface area contributed by atoms with Crippen molar-refractivity contribution in [3.8, 4) is 5.88 Å². The van der Waals surface area contributed by atoms with Gasteiger partial charge in [0.2, 0.25) is 11.8 Å². The van der Waals surface area contributed by atoms with Gasteiger partial charge >= 0.3 is 17.3 Å². The number of halogens is 1. The summed E-state index contributed by atoms with van der Waals surface area (Å²) in [6.07, 6.45) is 4.15. The van der Waals surface area contributed by atoms with Crippen molar-refractivity contribution in [3.05, 3.63) is 79.7 Å². The second-order valence-corrected chi connectivity index (χ2v) is 8.82. The summed E-state index contributed by atoms with van der Waals surface area (Å²) in [6, 6.07) is 10.2. The molecule has 35 heavy (non-hydrogen) atoms. The maximum atomic E-state index is 13.0. The smallest absolute Gasteiger partial charge is 0.354 e. The van der Waals surface area contributed by atoms with Crippen molar-refractivity contribution in [2.45, 2.75) is 57.8 Å². The van der Waals surface area contributed by atoms with Crippen LogP contribution in [0.1, 0.15) is 48.5 Å². The molecule has 0 radical (unpaired) electrons. The van der Waals surface area contributed by atoms with Crippen molar-refractivity contribution in [1.82, 2.24) is 19.1 Å². The lowest BCUT2D eigenvalue weighted by atomic mass is 9.93. The number of hydrogen-bond donors (Lipinski definition) is 2. The van der Waals surface area contributed by atoms with Crippen LogP contribution in [-0.2, 0) is 13.1 Å². The number of nitrogens with one attached hydrogen (secondary N) is 1. The first-order chi connectivity index (χ1) is 16.8. The van der Waals surface area contributed by atoms with E-state index in [4.69, 9.17) is 21.4 Å². The minimum atomic E-state index is -1.04. The Bertz CT molecular complexity index is 1300. The fraction of sp³-hybridized carbons (Fsp3) is 0.375. The number of hydrogen-bond acceptors (Lipinski definition) is 7. The van der Waals surface area contributed by atoms with Crippen LogP contribution in [0.4, 0.5) is 5.95 Å². The average molecular weight is 500 g/mol. The zero-order valence-corrected chi connectivity index (χ0v) is 19.9. The molecule has 1 aromatic carbocycles. The number of aromatic carboxylic acids is 1. The molecule has 184 valence electrons. The number of pyridine rings is 1. The largest absolute Gasteiger partial charge is 0.478 e. The maximum Gasteiger partial charge on any atom is 0.354 e. The van der Waals surface area contributed by atoms with E-state index in [9.17, 15) is 14.4 Å². The Balaban J connectivity index is 1.45. The molecule has 11 heteroatoms. The number of ether oxygens (including phenoxy) is 1. The van der Waals surface area contributed by atoms with Gasteiger partial charge in [-0.3, -0.25) is 4.57 Å². The topological polar surface area (TPSA) is 128 Å². The molecule has 2 heterocycles. The summed E-state index contributed by atoms with van der Waals surface area (Å²) < 4.78 is 8.49. The van der Waals surface area contributed by atoms with Gasteiger partial charge in [-0.05, 0) is 56.4 Å². The molecule has 1 saturated carbocycles. The molecule has 1 fully saturated rings. The molecule has 2 N–H and O–H groups in total. The van der Waals surface area contributed by atoms with E-state index in [1.807, 2.05) is 12.1 Å². The SMILES string of the molecule is CCn1c(=O)nc(NC2CCC(Oc3ccc(C(=O)O)cn3)CC2)n(Cc2ccc(Cl)cc2)c1=O. The van der Waals surface area contributed by atoms with Crippen molar-refractivity contribution in [2.24, 2.45) is 0 Å². The number of anilines is 1. The number of carboxylic acids is 1. The molecular weight excluding hydrogens is 474 g/mol. The van der Waals surface area contributed by atoms with Gasteiger partial charge in [-0.1, -0.05) is 23.7 Å². The van der Waals surface area contributed by atoms with Crippen molar-refractivity contribution in [2.75, 3.05) is 5.32 Å². The van der Waals surface area contributed by atoms with Gasteiger partial charge in [0.15, 0.2) is 0 Å². The number of carboxylic acid groups (broad SMARTS) is 1. The molecule has 1 aliphatic rings. The van der Waals surface area contributed by atoms with Gasteiger partial charge in [-0.15, -0.1) is 0 Å². The van der Waals surface area contributed by atoms with Crippen LogP contribution in [0, 0.1) is 0 Å². The van der Waals surface area contributed by atoms with Crippen LogP contribution in [0.15, 0.2) is 52.2 Å². The lowest BCUT2D eigenvalue weighted by molar-refractivity contribution is 0.0696. The van der Waals surface area contributed by atoms with Crippen LogP contribution < -0.4 is 21.4 Å². The van der Waals surface area contributed by atoms with Crippen molar-refractivity contribution in [3.63, 3.8) is 0 Å². The van der Waals surface area contributed by atoms with E-state index in [0.717, 1.165) is 35.8 Å². The first-order valence-corrected chi connectivity index (χ1v) is 11.8. The van der Waals surface area contributed by atoms with E-state index in [2.05, 4.69) is 15.3 Å². The normalized spacial score (nSPS) is 17.7. The highest BCUT2D eigenvalue weighted by atomic mass is 35.5. The predicted octanol–water partition coefficient (Wildman–Crippen LogP) is 3.02. The van der Waals surface area contributed by atoms with Crippen LogP contribution in [0.25, 0.3) is 0 Å². The summed E-state index contributed by atoms with van der Waals surface area (Å²) in [5.41, 5.74) is -0.0355.